The van der Waals surface area contributed by atoms with E-state index in [9.17, 15) is 13.2 Å². The fourth-order valence-electron chi connectivity index (χ4n) is 3.95. The smallest absolute Gasteiger partial charge is 0.255 e. The lowest BCUT2D eigenvalue weighted by Gasteiger charge is -2.26. The van der Waals surface area contributed by atoms with E-state index >= 15 is 0 Å². The Hall–Kier alpha value is -3.40. The van der Waals surface area contributed by atoms with Crippen molar-refractivity contribution in [3.05, 3.63) is 66.2 Å². The summed E-state index contributed by atoms with van der Waals surface area (Å²) in [6.07, 6.45) is 0. The van der Waals surface area contributed by atoms with Gasteiger partial charge in [-0.15, -0.1) is 0 Å². The molecule has 33 heavy (non-hydrogen) atoms. The summed E-state index contributed by atoms with van der Waals surface area (Å²) in [6, 6.07) is 17.2. The van der Waals surface area contributed by atoms with Crippen LogP contribution in [0.15, 0.2) is 70.0 Å². The molecule has 170 valence electrons. The van der Waals surface area contributed by atoms with E-state index in [2.05, 4.69) is 5.32 Å². The average Bonchev–Trinajstić information content (AvgIpc) is 3.21. The van der Waals surface area contributed by atoms with Gasteiger partial charge >= 0.3 is 0 Å². The first-order chi connectivity index (χ1) is 16.0. The maximum atomic E-state index is 13.0. The van der Waals surface area contributed by atoms with Crippen LogP contribution in [-0.2, 0) is 14.8 Å². The number of hydrogen-bond acceptors (Lipinski definition) is 6. The first-order valence-corrected chi connectivity index (χ1v) is 11.9. The molecule has 1 fully saturated rings. The van der Waals surface area contributed by atoms with Gasteiger partial charge in [0.2, 0.25) is 10.0 Å². The Morgan fingerprint density at radius 2 is 1.76 bits per heavy atom. The number of amides is 1. The molecular formula is C24H22N2O6S. The summed E-state index contributed by atoms with van der Waals surface area (Å²) in [5, 5.41) is 4.64. The van der Waals surface area contributed by atoms with Crippen LogP contribution >= 0.6 is 0 Å². The van der Waals surface area contributed by atoms with Crippen LogP contribution < -0.4 is 10.1 Å². The Kier molecular flexibility index (Phi) is 5.53. The molecule has 2 heterocycles. The highest BCUT2D eigenvalue weighted by molar-refractivity contribution is 7.89. The van der Waals surface area contributed by atoms with Crippen LogP contribution in [-0.4, -0.2) is 52.0 Å². The molecule has 0 radical (unpaired) electrons. The van der Waals surface area contributed by atoms with Gasteiger partial charge in [0.1, 0.15) is 16.9 Å². The molecule has 0 bridgehead atoms. The van der Waals surface area contributed by atoms with Gasteiger partial charge in [0, 0.05) is 35.5 Å². The van der Waals surface area contributed by atoms with E-state index in [1.54, 1.807) is 18.2 Å². The minimum atomic E-state index is -3.71. The van der Waals surface area contributed by atoms with Gasteiger partial charge in [-0.25, -0.2) is 8.42 Å². The van der Waals surface area contributed by atoms with Gasteiger partial charge in [-0.2, -0.15) is 4.31 Å². The molecule has 5 rings (SSSR count). The Morgan fingerprint density at radius 3 is 2.55 bits per heavy atom. The predicted octanol–water partition coefficient (Wildman–Crippen LogP) is 3.87. The number of hydrogen-bond donors (Lipinski definition) is 1. The molecule has 1 aromatic heterocycles. The quantitative estimate of drug-likeness (QED) is 0.480. The van der Waals surface area contributed by atoms with Crippen molar-refractivity contribution in [1.82, 2.24) is 4.31 Å². The number of fused-ring (bicyclic) bond motifs is 3. The summed E-state index contributed by atoms with van der Waals surface area (Å²) in [7, 11) is -2.19. The van der Waals surface area contributed by atoms with Gasteiger partial charge in [-0.3, -0.25) is 4.79 Å². The van der Waals surface area contributed by atoms with Crippen molar-refractivity contribution in [1.29, 1.82) is 0 Å². The second-order valence-corrected chi connectivity index (χ2v) is 9.58. The second kappa shape index (κ2) is 8.51. The normalized spacial score (nSPS) is 15.1. The Bertz CT molecular complexity index is 1450. The van der Waals surface area contributed by atoms with Crippen molar-refractivity contribution in [2.75, 3.05) is 38.7 Å². The van der Waals surface area contributed by atoms with Crippen LogP contribution in [0.1, 0.15) is 10.4 Å². The van der Waals surface area contributed by atoms with E-state index in [0.717, 1.165) is 16.4 Å². The Balaban J connectivity index is 1.46. The van der Waals surface area contributed by atoms with Crippen LogP contribution in [0.3, 0.4) is 0 Å². The predicted molar refractivity (Wildman–Crippen MR) is 124 cm³/mol. The van der Waals surface area contributed by atoms with Crippen LogP contribution in [0, 0.1) is 0 Å². The van der Waals surface area contributed by atoms with Gasteiger partial charge in [0.15, 0.2) is 0 Å². The van der Waals surface area contributed by atoms with E-state index in [1.165, 1.54) is 23.5 Å². The number of rotatable bonds is 5. The number of ether oxygens (including phenoxy) is 2. The van der Waals surface area contributed by atoms with Crippen molar-refractivity contribution in [2.45, 2.75) is 4.90 Å². The first kappa shape index (κ1) is 21.4. The van der Waals surface area contributed by atoms with E-state index in [-0.39, 0.29) is 23.5 Å². The van der Waals surface area contributed by atoms with Crippen molar-refractivity contribution < 1.29 is 27.1 Å². The zero-order chi connectivity index (χ0) is 23.0. The number of carbonyl (C=O) groups excluding carboxylic acids is 1. The third kappa shape index (κ3) is 3.95. The molecule has 9 heteroatoms. The number of nitrogens with zero attached hydrogens (tertiary/aromatic N) is 1. The number of morpholine rings is 1. The number of benzene rings is 3. The summed E-state index contributed by atoms with van der Waals surface area (Å²) >= 11 is 0. The molecule has 3 aromatic carbocycles. The molecule has 0 aliphatic carbocycles. The Morgan fingerprint density at radius 1 is 0.970 bits per heavy atom. The van der Waals surface area contributed by atoms with Gasteiger partial charge in [-0.1, -0.05) is 24.3 Å². The van der Waals surface area contributed by atoms with Gasteiger partial charge in [0.05, 0.1) is 30.9 Å². The minimum Gasteiger partial charge on any atom is -0.495 e. The summed E-state index contributed by atoms with van der Waals surface area (Å²) in [5.41, 5.74) is 1.99. The minimum absolute atomic E-state index is 0.0664. The Labute approximate surface area is 190 Å². The highest BCUT2D eigenvalue weighted by Gasteiger charge is 2.27. The highest BCUT2D eigenvalue weighted by atomic mass is 32.2. The van der Waals surface area contributed by atoms with Crippen molar-refractivity contribution in [3.63, 3.8) is 0 Å². The van der Waals surface area contributed by atoms with Crippen molar-refractivity contribution >= 4 is 43.6 Å². The lowest BCUT2D eigenvalue weighted by molar-refractivity contribution is 0.0730. The molecule has 4 aromatic rings. The number of anilines is 1. The number of para-hydroxylation sites is 1. The lowest BCUT2D eigenvalue weighted by Crippen LogP contribution is -2.40. The molecule has 1 aliphatic heterocycles. The van der Waals surface area contributed by atoms with Crippen LogP contribution in [0.2, 0.25) is 0 Å². The maximum Gasteiger partial charge on any atom is 0.255 e. The van der Waals surface area contributed by atoms with E-state index in [1.807, 2.05) is 30.3 Å². The van der Waals surface area contributed by atoms with Crippen LogP contribution in [0.5, 0.6) is 5.75 Å². The SMILES string of the molecule is COc1cc2c(cc1NC(=O)c1cccc(S(=O)(=O)N3CCOCC3)c1)oc1ccccc12. The number of nitrogens with one attached hydrogen (secondary N) is 1. The van der Waals surface area contributed by atoms with Crippen LogP contribution in [0.4, 0.5) is 5.69 Å². The topological polar surface area (TPSA) is 98.1 Å². The molecule has 0 atom stereocenters. The first-order valence-electron chi connectivity index (χ1n) is 10.5. The number of sulfonamides is 1. The molecule has 1 aliphatic rings. The van der Waals surface area contributed by atoms with E-state index in [0.29, 0.717) is 30.2 Å². The van der Waals surface area contributed by atoms with E-state index < -0.39 is 15.9 Å². The summed E-state index contributed by atoms with van der Waals surface area (Å²) in [6.45, 7) is 1.27. The third-order valence-corrected chi connectivity index (χ3v) is 7.55. The van der Waals surface area contributed by atoms with Crippen molar-refractivity contribution in [3.8, 4) is 5.75 Å². The molecule has 0 spiro atoms. The van der Waals surface area contributed by atoms with Gasteiger partial charge in [-0.05, 0) is 30.3 Å². The molecule has 1 saturated heterocycles. The summed E-state index contributed by atoms with van der Waals surface area (Å²) in [4.78, 5) is 13.1. The second-order valence-electron chi connectivity index (χ2n) is 7.65. The fraction of sp³-hybridized carbons (Fsp3) is 0.208. The number of methoxy groups -OCH3 is 1. The molecular weight excluding hydrogens is 444 g/mol. The molecule has 1 amide bonds. The van der Waals surface area contributed by atoms with Gasteiger partial charge < -0.3 is 19.2 Å². The summed E-state index contributed by atoms with van der Waals surface area (Å²) in [5.74, 6) is 0.0160. The van der Waals surface area contributed by atoms with Crippen LogP contribution in [0.25, 0.3) is 21.9 Å². The third-order valence-electron chi connectivity index (χ3n) is 5.65. The zero-order valence-electron chi connectivity index (χ0n) is 17.9. The molecule has 8 nitrogen and oxygen atoms in total. The number of furan rings is 1. The van der Waals surface area contributed by atoms with E-state index in [4.69, 9.17) is 13.9 Å². The highest BCUT2D eigenvalue weighted by Crippen LogP contribution is 2.36. The van der Waals surface area contributed by atoms with Crippen molar-refractivity contribution in [2.24, 2.45) is 0 Å². The number of carbonyl (C=O) groups is 1. The molecule has 0 unspecified atom stereocenters. The largest absolute Gasteiger partial charge is 0.495 e. The fourth-order valence-corrected chi connectivity index (χ4v) is 5.40. The summed E-state index contributed by atoms with van der Waals surface area (Å²) < 4.78 is 43.9. The monoisotopic (exact) mass is 466 g/mol. The van der Waals surface area contributed by atoms with Gasteiger partial charge in [0.25, 0.3) is 5.91 Å². The standard InChI is InChI=1S/C24H22N2O6S/c1-30-23-14-19-18-7-2-3-8-21(18)32-22(19)15-20(23)25-24(27)16-5-4-6-17(13-16)33(28,29)26-9-11-31-12-10-26/h2-8,13-15H,9-12H2,1H3,(H,25,27). The molecule has 0 saturated carbocycles. The zero-order valence-corrected chi connectivity index (χ0v) is 18.7. The maximum absolute atomic E-state index is 13.0. The lowest BCUT2D eigenvalue weighted by atomic mass is 10.1. The molecule has 1 N–H and O–H groups in total. The average molecular weight is 467 g/mol.